The fourth-order valence-corrected chi connectivity index (χ4v) is 1.84. The van der Waals surface area contributed by atoms with Crippen LogP contribution in [-0.4, -0.2) is 22.4 Å². The summed E-state index contributed by atoms with van der Waals surface area (Å²) in [6, 6.07) is 8.97. The Morgan fingerprint density at radius 1 is 1.38 bits per heavy atom. The van der Waals surface area contributed by atoms with E-state index in [1.54, 1.807) is 12.1 Å². The van der Waals surface area contributed by atoms with Crippen LogP contribution < -0.4 is 0 Å². The number of hydrogen-bond donors (Lipinski definition) is 1. The molecular weight excluding hydrogens is 224 g/mol. The molecule has 0 heterocycles. The van der Waals surface area contributed by atoms with Crippen molar-refractivity contribution >= 4 is 17.4 Å². The number of hydrogen-bond acceptors (Lipinski definition) is 2. The summed E-state index contributed by atoms with van der Waals surface area (Å²) in [6.07, 6.45) is 0.975. The van der Waals surface area contributed by atoms with Gasteiger partial charge >= 0.3 is 0 Å². The van der Waals surface area contributed by atoms with Gasteiger partial charge in [-0.25, -0.2) is 0 Å². The highest BCUT2D eigenvalue weighted by Gasteiger charge is 2.19. The van der Waals surface area contributed by atoms with Crippen molar-refractivity contribution in [2.24, 2.45) is 0 Å². The summed E-state index contributed by atoms with van der Waals surface area (Å²) in [7, 11) is 0. The maximum atomic E-state index is 11.7. The summed E-state index contributed by atoms with van der Waals surface area (Å²) in [5.41, 5.74) is 0.627. The SMILES string of the molecule is CCC[C@H](Cl)[C@H](O)CC(=O)c1ccccc1. The number of carbonyl (C=O) groups is 1. The van der Waals surface area contributed by atoms with Crippen LogP contribution in [0, 0.1) is 0 Å². The lowest BCUT2D eigenvalue weighted by Gasteiger charge is -2.15. The molecule has 1 aromatic carbocycles. The fourth-order valence-electron chi connectivity index (χ4n) is 1.53. The molecule has 1 N–H and O–H groups in total. The number of alkyl halides is 1. The molecule has 0 saturated carbocycles. The van der Waals surface area contributed by atoms with Crippen molar-refractivity contribution in [1.82, 2.24) is 0 Å². The number of halogens is 1. The zero-order chi connectivity index (χ0) is 12.0. The number of Topliss-reactive ketones (excluding diaryl/α,β-unsaturated/α-hetero) is 1. The topological polar surface area (TPSA) is 37.3 Å². The molecule has 0 aromatic heterocycles. The first-order chi connectivity index (χ1) is 7.65. The Morgan fingerprint density at radius 3 is 2.56 bits per heavy atom. The molecule has 0 aliphatic carbocycles. The molecule has 0 radical (unpaired) electrons. The van der Waals surface area contributed by atoms with Gasteiger partial charge in [0.25, 0.3) is 0 Å². The van der Waals surface area contributed by atoms with E-state index in [0.717, 1.165) is 12.8 Å². The lowest BCUT2D eigenvalue weighted by molar-refractivity contribution is 0.0870. The van der Waals surface area contributed by atoms with Crippen molar-refractivity contribution in [3.05, 3.63) is 35.9 Å². The first-order valence-electron chi connectivity index (χ1n) is 5.55. The summed E-state index contributed by atoms with van der Waals surface area (Å²) in [4.78, 5) is 11.7. The summed E-state index contributed by atoms with van der Waals surface area (Å²) < 4.78 is 0. The predicted molar refractivity (Wildman–Crippen MR) is 65.9 cm³/mol. The number of ketones is 1. The summed E-state index contributed by atoms with van der Waals surface area (Å²) >= 11 is 5.96. The zero-order valence-electron chi connectivity index (χ0n) is 9.40. The van der Waals surface area contributed by atoms with E-state index in [0.29, 0.717) is 5.56 Å². The molecule has 3 heteroatoms. The monoisotopic (exact) mass is 240 g/mol. The number of benzene rings is 1. The van der Waals surface area contributed by atoms with Crippen LogP contribution in [0.2, 0.25) is 0 Å². The normalized spacial score (nSPS) is 14.4. The third-order valence-electron chi connectivity index (χ3n) is 2.47. The van der Waals surface area contributed by atoms with Gasteiger partial charge in [0.2, 0.25) is 0 Å². The van der Waals surface area contributed by atoms with Gasteiger partial charge in [-0.05, 0) is 6.42 Å². The van der Waals surface area contributed by atoms with Crippen molar-refractivity contribution in [3.8, 4) is 0 Å². The lowest BCUT2D eigenvalue weighted by Crippen LogP contribution is -2.24. The maximum Gasteiger partial charge on any atom is 0.165 e. The van der Waals surface area contributed by atoms with Crippen LogP contribution in [0.1, 0.15) is 36.5 Å². The van der Waals surface area contributed by atoms with Gasteiger partial charge in [-0.2, -0.15) is 0 Å². The van der Waals surface area contributed by atoms with E-state index in [-0.39, 0.29) is 17.6 Å². The van der Waals surface area contributed by atoms with Gasteiger partial charge in [0.15, 0.2) is 5.78 Å². The molecule has 0 fully saturated rings. The van der Waals surface area contributed by atoms with Crippen molar-refractivity contribution < 1.29 is 9.90 Å². The molecule has 0 bridgehead atoms. The molecule has 0 spiro atoms. The number of aliphatic hydroxyl groups excluding tert-OH is 1. The lowest BCUT2D eigenvalue weighted by atomic mass is 10.0. The molecule has 88 valence electrons. The van der Waals surface area contributed by atoms with Gasteiger partial charge in [-0.3, -0.25) is 4.79 Å². The molecule has 0 amide bonds. The molecule has 0 aliphatic rings. The first-order valence-corrected chi connectivity index (χ1v) is 5.99. The Kier molecular flexibility index (Phi) is 5.50. The highest BCUT2D eigenvalue weighted by atomic mass is 35.5. The van der Waals surface area contributed by atoms with E-state index >= 15 is 0 Å². The van der Waals surface area contributed by atoms with Crippen LogP contribution in [0.3, 0.4) is 0 Å². The smallest absolute Gasteiger partial charge is 0.165 e. The quantitative estimate of drug-likeness (QED) is 0.613. The zero-order valence-corrected chi connectivity index (χ0v) is 10.2. The Bertz CT molecular complexity index is 324. The number of aliphatic hydroxyl groups is 1. The molecule has 2 atom stereocenters. The van der Waals surface area contributed by atoms with Crippen LogP contribution in [0.25, 0.3) is 0 Å². The second-order valence-corrected chi connectivity index (χ2v) is 4.43. The van der Waals surface area contributed by atoms with Crippen LogP contribution in [-0.2, 0) is 0 Å². The Balaban J connectivity index is 2.52. The van der Waals surface area contributed by atoms with Gasteiger partial charge in [0, 0.05) is 12.0 Å². The molecule has 0 saturated heterocycles. The van der Waals surface area contributed by atoms with Gasteiger partial charge in [-0.1, -0.05) is 43.7 Å². The van der Waals surface area contributed by atoms with Crippen molar-refractivity contribution in [2.45, 2.75) is 37.7 Å². The third kappa shape index (κ3) is 3.95. The Morgan fingerprint density at radius 2 is 2.00 bits per heavy atom. The molecule has 16 heavy (non-hydrogen) atoms. The van der Waals surface area contributed by atoms with E-state index < -0.39 is 6.10 Å². The van der Waals surface area contributed by atoms with Gasteiger partial charge in [-0.15, -0.1) is 11.6 Å². The van der Waals surface area contributed by atoms with Crippen molar-refractivity contribution in [1.29, 1.82) is 0 Å². The Hall–Kier alpha value is -0.860. The minimum absolute atomic E-state index is 0.0603. The molecule has 1 aromatic rings. The standard InChI is InChI=1S/C13H17ClO2/c1-2-6-11(14)13(16)9-12(15)10-7-4-3-5-8-10/h3-5,7-8,11,13,16H,2,6,9H2,1H3/t11-,13+/m0/s1. The van der Waals surface area contributed by atoms with E-state index in [1.807, 2.05) is 25.1 Å². The van der Waals surface area contributed by atoms with Crippen LogP contribution in [0.15, 0.2) is 30.3 Å². The molecular formula is C13H17ClO2. The summed E-state index contributed by atoms with van der Waals surface area (Å²) in [6.45, 7) is 2.00. The average Bonchev–Trinajstić information content (AvgIpc) is 2.30. The van der Waals surface area contributed by atoms with Crippen LogP contribution in [0.4, 0.5) is 0 Å². The van der Waals surface area contributed by atoms with E-state index in [9.17, 15) is 9.90 Å². The van der Waals surface area contributed by atoms with Crippen molar-refractivity contribution in [2.75, 3.05) is 0 Å². The largest absolute Gasteiger partial charge is 0.391 e. The van der Waals surface area contributed by atoms with Crippen molar-refractivity contribution in [3.63, 3.8) is 0 Å². The number of rotatable bonds is 6. The second kappa shape index (κ2) is 6.66. The van der Waals surface area contributed by atoms with Gasteiger partial charge in [0.1, 0.15) is 0 Å². The highest BCUT2D eigenvalue weighted by molar-refractivity contribution is 6.21. The number of carbonyl (C=O) groups excluding carboxylic acids is 1. The average molecular weight is 241 g/mol. The predicted octanol–water partition coefficient (Wildman–Crippen LogP) is 3.03. The maximum absolute atomic E-state index is 11.7. The van der Waals surface area contributed by atoms with E-state index in [1.165, 1.54) is 0 Å². The first kappa shape index (κ1) is 13.2. The molecule has 1 rings (SSSR count). The van der Waals surface area contributed by atoms with Crippen LogP contribution in [0.5, 0.6) is 0 Å². The van der Waals surface area contributed by atoms with Gasteiger partial charge < -0.3 is 5.11 Å². The second-order valence-electron chi connectivity index (χ2n) is 3.87. The van der Waals surface area contributed by atoms with E-state index in [4.69, 9.17) is 11.6 Å². The molecule has 2 nitrogen and oxygen atoms in total. The minimum atomic E-state index is -0.755. The molecule has 0 unspecified atom stereocenters. The van der Waals surface area contributed by atoms with Gasteiger partial charge in [0.05, 0.1) is 11.5 Å². The third-order valence-corrected chi connectivity index (χ3v) is 2.98. The summed E-state index contributed by atoms with van der Waals surface area (Å²) in [5, 5.41) is 9.39. The summed E-state index contributed by atoms with van der Waals surface area (Å²) in [5.74, 6) is -0.0603. The Labute approximate surface area is 101 Å². The minimum Gasteiger partial charge on any atom is -0.391 e. The highest BCUT2D eigenvalue weighted by Crippen LogP contribution is 2.15. The fraction of sp³-hybridized carbons (Fsp3) is 0.462. The van der Waals surface area contributed by atoms with E-state index in [2.05, 4.69) is 0 Å². The van der Waals surface area contributed by atoms with Crippen LogP contribution >= 0.6 is 11.6 Å². The molecule has 0 aliphatic heterocycles.